The Hall–Kier alpha value is -0.490. The average Bonchev–Trinajstić information content (AvgIpc) is 2.22. The van der Waals surface area contributed by atoms with Gasteiger partial charge < -0.3 is 0 Å². The van der Waals surface area contributed by atoms with Crippen LogP contribution in [-0.2, 0) is 0 Å². The smallest absolute Gasteiger partial charge is 0.234 e. The molecule has 0 heterocycles. The molecule has 0 nitrogen and oxygen atoms in total. The minimum atomic E-state index is -5.36. The second-order valence-corrected chi connectivity index (χ2v) is 3.79. The molecule has 0 bridgehead atoms. The lowest BCUT2D eigenvalue weighted by Gasteiger charge is -2.28. The van der Waals surface area contributed by atoms with Crippen molar-refractivity contribution >= 4 is 0 Å². The van der Waals surface area contributed by atoms with Crippen molar-refractivity contribution in [3.63, 3.8) is 0 Å². The van der Waals surface area contributed by atoms with E-state index in [2.05, 4.69) is 0 Å². The molecule has 0 aliphatic carbocycles. The summed E-state index contributed by atoms with van der Waals surface area (Å²) in [7, 11) is 0. The number of halogens is 7. The van der Waals surface area contributed by atoms with Gasteiger partial charge >= 0.3 is 18.3 Å². The molecule has 17 heavy (non-hydrogen) atoms. The molecule has 0 aliphatic rings. The van der Waals surface area contributed by atoms with Gasteiger partial charge in [-0.25, -0.2) is 4.39 Å². The first-order chi connectivity index (χ1) is 7.66. The number of unbranched alkanes of at least 4 members (excludes halogenated alkanes) is 3. The van der Waals surface area contributed by atoms with Gasteiger partial charge in [-0.1, -0.05) is 26.2 Å². The van der Waals surface area contributed by atoms with E-state index in [1.54, 1.807) is 6.92 Å². The van der Waals surface area contributed by atoms with Crippen molar-refractivity contribution in [3.8, 4) is 0 Å². The summed E-state index contributed by atoms with van der Waals surface area (Å²) in [5.41, 5.74) is 0. The van der Waals surface area contributed by atoms with Crippen LogP contribution in [-0.4, -0.2) is 18.0 Å². The molecule has 7 heteroatoms. The molecular weight excluding hydrogens is 253 g/mol. The fourth-order valence-corrected chi connectivity index (χ4v) is 1.26. The molecule has 1 atom stereocenters. The minimum absolute atomic E-state index is 0.253. The number of hydrogen-bond donors (Lipinski definition) is 0. The van der Waals surface area contributed by atoms with Crippen molar-refractivity contribution in [1.29, 1.82) is 0 Å². The van der Waals surface area contributed by atoms with E-state index in [0.717, 1.165) is 0 Å². The molecule has 0 rings (SSSR count). The van der Waals surface area contributed by atoms with Gasteiger partial charge in [0.15, 0.2) is 0 Å². The van der Waals surface area contributed by atoms with Gasteiger partial charge in [0.25, 0.3) is 0 Å². The summed E-state index contributed by atoms with van der Waals surface area (Å²) in [5, 5.41) is 0. The van der Waals surface area contributed by atoms with Crippen LogP contribution in [0.15, 0.2) is 0 Å². The van der Waals surface area contributed by atoms with Crippen LogP contribution in [0.25, 0.3) is 0 Å². The highest BCUT2D eigenvalue weighted by atomic mass is 19.3. The predicted molar refractivity (Wildman–Crippen MR) is 49.0 cm³/mol. The number of rotatable bonds is 8. The van der Waals surface area contributed by atoms with E-state index < -0.39 is 30.9 Å². The molecule has 0 aromatic carbocycles. The van der Waals surface area contributed by atoms with Gasteiger partial charge in [-0.3, -0.25) is 0 Å². The first-order valence-electron chi connectivity index (χ1n) is 5.24. The minimum Gasteiger partial charge on any atom is -0.234 e. The fraction of sp³-hybridized carbons (Fsp3) is 0.900. The van der Waals surface area contributed by atoms with Crippen LogP contribution >= 0.6 is 0 Å². The molecule has 0 spiro atoms. The maximum Gasteiger partial charge on any atom is 0.350 e. The van der Waals surface area contributed by atoms with Gasteiger partial charge in [0, 0.05) is 6.42 Å². The molecule has 0 aromatic heterocycles. The lowest BCUT2D eigenvalue weighted by Crippen LogP contribution is -2.49. The largest absolute Gasteiger partial charge is 0.350 e. The van der Waals surface area contributed by atoms with Gasteiger partial charge in [0.2, 0.25) is 6.17 Å². The number of hydrogen-bond acceptors (Lipinski definition) is 0. The fourth-order valence-electron chi connectivity index (χ4n) is 1.26. The van der Waals surface area contributed by atoms with E-state index in [9.17, 15) is 30.7 Å². The molecule has 0 N–H and O–H groups in total. The van der Waals surface area contributed by atoms with Gasteiger partial charge in [-0.05, 0) is 6.42 Å². The molecule has 0 aliphatic heterocycles. The summed E-state index contributed by atoms with van der Waals surface area (Å²) in [6.07, 6.45) is -7.54. The van der Waals surface area contributed by atoms with Crippen LogP contribution in [0.4, 0.5) is 30.7 Å². The van der Waals surface area contributed by atoms with Crippen LogP contribution in [0.2, 0.25) is 0 Å². The standard InChI is InChI=1S/C10H14F7/c1-2-3-4-5-6-9(14,15)10(16,17)7(11)8(12)13/h7H,2-6H2,1H3. The highest BCUT2D eigenvalue weighted by molar-refractivity contribution is 4.97. The normalized spacial score (nSPS) is 15.4. The molecule has 0 aromatic rings. The van der Waals surface area contributed by atoms with Crippen molar-refractivity contribution in [2.24, 2.45) is 0 Å². The zero-order valence-corrected chi connectivity index (χ0v) is 9.26. The summed E-state index contributed by atoms with van der Waals surface area (Å²) < 4.78 is 86.9. The predicted octanol–water partition coefficient (Wildman–Crippen LogP) is 4.99. The quantitative estimate of drug-likeness (QED) is 0.429. The summed E-state index contributed by atoms with van der Waals surface area (Å²) in [4.78, 5) is 0. The Kier molecular flexibility index (Phi) is 6.26. The Morgan fingerprint density at radius 2 is 1.53 bits per heavy atom. The maximum atomic E-state index is 12.9. The second-order valence-electron chi connectivity index (χ2n) is 3.79. The number of alkyl halides is 5. The van der Waals surface area contributed by atoms with Gasteiger partial charge in [-0.15, -0.1) is 0 Å². The van der Waals surface area contributed by atoms with Crippen LogP contribution in [0.1, 0.15) is 39.0 Å². The summed E-state index contributed by atoms with van der Waals surface area (Å²) in [5.74, 6) is -10.1. The Morgan fingerprint density at radius 3 is 1.94 bits per heavy atom. The maximum absolute atomic E-state index is 12.9. The molecule has 0 fully saturated rings. The molecule has 0 saturated heterocycles. The topological polar surface area (TPSA) is 0 Å². The van der Waals surface area contributed by atoms with Crippen molar-refractivity contribution in [2.75, 3.05) is 0 Å². The van der Waals surface area contributed by atoms with E-state index in [4.69, 9.17) is 0 Å². The van der Waals surface area contributed by atoms with Gasteiger partial charge in [0.1, 0.15) is 0 Å². The van der Waals surface area contributed by atoms with Crippen LogP contribution in [0.3, 0.4) is 0 Å². The highest BCUT2D eigenvalue weighted by Gasteiger charge is 2.64. The molecule has 0 saturated carbocycles. The van der Waals surface area contributed by atoms with E-state index in [-0.39, 0.29) is 12.8 Å². The zero-order valence-electron chi connectivity index (χ0n) is 9.26. The van der Waals surface area contributed by atoms with Crippen LogP contribution in [0, 0.1) is 6.43 Å². The van der Waals surface area contributed by atoms with Gasteiger partial charge in [-0.2, -0.15) is 26.3 Å². The zero-order chi connectivity index (χ0) is 13.7. The van der Waals surface area contributed by atoms with E-state index in [0.29, 0.717) is 12.8 Å². The molecule has 1 radical (unpaired) electrons. The molecule has 1 unspecified atom stereocenters. The summed E-state index contributed by atoms with van der Waals surface area (Å²) >= 11 is 0. The second kappa shape index (κ2) is 6.44. The van der Waals surface area contributed by atoms with Crippen molar-refractivity contribution in [1.82, 2.24) is 0 Å². The Balaban J connectivity index is 4.45. The third kappa shape index (κ3) is 4.35. The lowest BCUT2D eigenvalue weighted by atomic mass is 10.00. The van der Waals surface area contributed by atoms with Crippen LogP contribution in [0.5, 0.6) is 0 Å². The molecule has 0 amide bonds. The van der Waals surface area contributed by atoms with E-state index >= 15 is 0 Å². The SMILES string of the molecule is CCCCCCC(F)(F)C(F)(F)C(F)[C](F)F. The first-order valence-corrected chi connectivity index (χ1v) is 5.24. The molecular formula is C10H14F7. The van der Waals surface area contributed by atoms with Gasteiger partial charge in [0.05, 0.1) is 0 Å². The third-order valence-electron chi connectivity index (χ3n) is 2.34. The highest BCUT2D eigenvalue weighted by Crippen LogP contribution is 2.44. The Morgan fingerprint density at radius 1 is 1.00 bits per heavy atom. The first kappa shape index (κ1) is 16.5. The Bertz CT molecular complexity index is 215. The molecule has 103 valence electrons. The van der Waals surface area contributed by atoms with E-state index in [1.165, 1.54) is 0 Å². The van der Waals surface area contributed by atoms with Crippen molar-refractivity contribution in [3.05, 3.63) is 6.43 Å². The van der Waals surface area contributed by atoms with Crippen molar-refractivity contribution < 1.29 is 30.7 Å². The average molecular weight is 267 g/mol. The van der Waals surface area contributed by atoms with Crippen molar-refractivity contribution in [2.45, 2.75) is 57.0 Å². The third-order valence-corrected chi connectivity index (χ3v) is 2.34. The lowest BCUT2D eigenvalue weighted by molar-refractivity contribution is -0.247. The van der Waals surface area contributed by atoms with Crippen LogP contribution < -0.4 is 0 Å². The van der Waals surface area contributed by atoms with E-state index in [1.807, 2.05) is 0 Å². The Labute approximate surface area is 95.2 Å². The monoisotopic (exact) mass is 267 g/mol. The summed E-state index contributed by atoms with van der Waals surface area (Å²) in [6.45, 7) is 1.79. The summed E-state index contributed by atoms with van der Waals surface area (Å²) in [6, 6.07) is 0.